The molecule has 28 heavy (non-hydrogen) atoms. The number of rotatable bonds is 5. The molecule has 1 saturated heterocycles. The normalized spacial score (nSPS) is 15.6. The summed E-state index contributed by atoms with van der Waals surface area (Å²) in [6, 6.07) is 25.3. The average Bonchev–Trinajstić information content (AvgIpc) is 2.77. The molecule has 3 aromatic rings. The van der Waals surface area contributed by atoms with Gasteiger partial charge in [0.1, 0.15) is 0 Å². The summed E-state index contributed by atoms with van der Waals surface area (Å²) in [7, 11) is 0. The first-order chi connectivity index (χ1) is 13.7. The van der Waals surface area contributed by atoms with Crippen LogP contribution in [-0.4, -0.2) is 42.2 Å². The van der Waals surface area contributed by atoms with Gasteiger partial charge >= 0.3 is 0 Å². The maximum Gasteiger partial charge on any atom is 0.235 e. The quantitative estimate of drug-likeness (QED) is 0.625. The Morgan fingerprint density at radius 2 is 1.57 bits per heavy atom. The molecule has 4 heteroatoms. The summed E-state index contributed by atoms with van der Waals surface area (Å²) in [5, 5.41) is 2.52. The Morgan fingerprint density at radius 1 is 0.893 bits per heavy atom. The first-order valence-corrected chi connectivity index (χ1v) is 10.9. The predicted molar refractivity (Wildman–Crippen MR) is 120 cm³/mol. The fourth-order valence-electron chi connectivity index (χ4n) is 3.79. The zero-order chi connectivity index (χ0) is 19.3. The minimum atomic E-state index is -0.0257. The van der Waals surface area contributed by atoms with E-state index >= 15 is 0 Å². The van der Waals surface area contributed by atoms with Crippen LogP contribution in [0.3, 0.4) is 0 Å². The number of carbonyl (C=O) groups is 1. The first-order valence-electron chi connectivity index (χ1n) is 9.89. The number of piperazine rings is 1. The van der Waals surface area contributed by atoms with Gasteiger partial charge in [0.25, 0.3) is 0 Å². The highest BCUT2D eigenvalue weighted by Gasteiger charge is 2.25. The Bertz CT molecular complexity index is 930. The van der Waals surface area contributed by atoms with Crippen LogP contribution < -0.4 is 4.90 Å². The molecule has 1 aliphatic rings. The molecule has 1 aliphatic heterocycles. The summed E-state index contributed by atoms with van der Waals surface area (Å²) < 4.78 is 0. The highest BCUT2D eigenvalue weighted by Crippen LogP contribution is 2.26. The molecule has 0 aliphatic carbocycles. The number of para-hydroxylation sites is 1. The lowest BCUT2D eigenvalue weighted by atomic mass is 10.1. The Morgan fingerprint density at radius 3 is 2.36 bits per heavy atom. The van der Waals surface area contributed by atoms with Crippen LogP contribution in [0.4, 0.5) is 5.69 Å². The number of fused-ring (bicyclic) bond motifs is 1. The van der Waals surface area contributed by atoms with Gasteiger partial charge in [0, 0.05) is 37.6 Å². The van der Waals surface area contributed by atoms with Crippen LogP contribution in [0.15, 0.2) is 72.8 Å². The van der Waals surface area contributed by atoms with Crippen LogP contribution in [0.2, 0.25) is 0 Å². The van der Waals surface area contributed by atoms with E-state index < -0.39 is 0 Å². The SMILES string of the molecule is CC(SCc1cccc2ccccc12)C(=O)N1CCN(c2ccccc2)CC1. The molecule has 1 atom stereocenters. The molecule has 1 fully saturated rings. The van der Waals surface area contributed by atoms with E-state index in [4.69, 9.17) is 0 Å². The molecular weight excluding hydrogens is 364 g/mol. The van der Waals surface area contributed by atoms with Crippen LogP contribution in [0.5, 0.6) is 0 Å². The third kappa shape index (κ3) is 4.17. The standard InChI is InChI=1S/C24H26N2OS/c1-19(28-18-21-10-7-9-20-8-5-6-13-23(20)21)24(27)26-16-14-25(15-17-26)22-11-3-2-4-12-22/h2-13,19H,14-18H2,1H3. The highest BCUT2D eigenvalue weighted by molar-refractivity contribution is 7.99. The van der Waals surface area contributed by atoms with Crippen molar-refractivity contribution < 1.29 is 4.79 Å². The lowest BCUT2D eigenvalue weighted by molar-refractivity contribution is -0.130. The molecule has 1 amide bonds. The molecule has 0 radical (unpaired) electrons. The molecule has 0 saturated carbocycles. The second kappa shape index (κ2) is 8.70. The van der Waals surface area contributed by atoms with Gasteiger partial charge in [-0.05, 0) is 35.4 Å². The molecule has 1 unspecified atom stereocenters. The summed E-state index contributed by atoms with van der Waals surface area (Å²) >= 11 is 1.74. The van der Waals surface area contributed by atoms with Crippen LogP contribution in [-0.2, 0) is 10.5 Å². The van der Waals surface area contributed by atoms with E-state index in [0.717, 1.165) is 31.9 Å². The van der Waals surface area contributed by atoms with Crippen molar-refractivity contribution in [2.45, 2.75) is 17.9 Å². The molecule has 0 bridgehead atoms. The lowest BCUT2D eigenvalue weighted by Gasteiger charge is -2.37. The van der Waals surface area contributed by atoms with Gasteiger partial charge in [0.15, 0.2) is 0 Å². The first kappa shape index (κ1) is 18.9. The van der Waals surface area contributed by atoms with Gasteiger partial charge in [-0.25, -0.2) is 0 Å². The van der Waals surface area contributed by atoms with Crippen molar-refractivity contribution in [3.8, 4) is 0 Å². The molecule has 0 aromatic heterocycles. The number of amides is 1. The summed E-state index contributed by atoms with van der Waals surface area (Å²) in [6.07, 6.45) is 0. The molecule has 0 N–H and O–H groups in total. The highest BCUT2D eigenvalue weighted by atomic mass is 32.2. The molecule has 1 heterocycles. The van der Waals surface area contributed by atoms with Crippen LogP contribution >= 0.6 is 11.8 Å². The maximum atomic E-state index is 12.9. The number of hydrogen-bond donors (Lipinski definition) is 0. The van der Waals surface area contributed by atoms with Crippen molar-refractivity contribution in [2.24, 2.45) is 0 Å². The summed E-state index contributed by atoms with van der Waals surface area (Å²) in [4.78, 5) is 17.3. The van der Waals surface area contributed by atoms with E-state index in [1.54, 1.807) is 11.8 Å². The van der Waals surface area contributed by atoms with E-state index in [1.165, 1.54) is 22.0 Å². The van der Waals surface area contributed by atoms with Crippen molar-refractivity contribution in [3.05, 3.63) is 78.4 Å². The molecule has 0 spiro atoms. The molecule has 3 aromatic carbocycles. The van der Waals surface area contributed by atoms with Crippen molar-refractivity contribution in [2.75, 3.05) is 31.1 Å². The van der Waals surface area contributed by atoms with Gasteiger partial charge in [-0.1, -0.05) is 60.7 Å². The van der Waals surface area contributed by atoms with Gasteiger partial charge in [0.05, 0.1) is 5.25 Å². The predicted octanol–water partition coefficient (Wildman–Crippen LogP) is 4.81. The zero-order valence-electron chi connectivity index (χ0n) is 16.3. The van der Waals surface area contributed by atoms with Crippen LogP contribution in [0, 0.1) is 0 Å². The minimum Gasteiger partial charge on any atom is -0.368 e. The summed E-state index contributed by atoms with van der Waals surface area (Å²) in [5.74, 6) is 1.12. The van der Waals surface area contributed by atoms with E-state index in [0.29, 0.717) is 0 Å². The number of nitrogens with zero attached hydrogens (tertiary/aromatic N) is 2. The largest absolute Gasteiger partial charge is 0.368 e. The molecular formula is C24H26N2OS. The molecule has 4 rings (SSSR count). The van der Waals surface area contributed by atoms with Gasteiger partial charge in [0.2, 0.25) is 5.91 Å². The van der Waals surface area contributed by atoms with E-state index in [-0.39, 0.29) is 11.2 Å². The minimum absolute atomic E-state index is 0.0257. The number of carbonyl (C=O) groups excluding carboxylic acids is 1. The number of benzene rings is 3. The zero-order valence-corrected chi connectivity index (χ0v) is 17.1. The van der Waals surface area contributed by atoms with Gasteiger partial charge in [-0.2, -0.15) is 0 Å². The summed E-state index contributed by atoms with van der Waals surface area (Å²) in [6.45, 7) is 5.44. The number of thioether (sulfide) groups is 1. The molecule has 3 nitrogen and oxygen atoms in total. The smallest absolute Gasteiger partial charge is 0.235 e. The van der Waals surface area contributed by atoms with E-state index in [2.05, 4.69) is 71.6 Å². The molecule has 144 valence electrons. The third-order valence-electron chi connectivity index (χ3n) is 5.43. The lowest BCUT2D eigenvalue weighted by Crippen LogP contribution is -2.50. The number of hydrogen-bond acceptors (Lipinski definition) is 3. The third-order valence-corrected chi connectivity index (χ3v) is 6.61. The van der Waals surface area contributed by atoms with Crippen LogP contribution in [0.25, 0.3) is 10.8 Å². The second-order valence-electron chi connectivity index (χ2n) is 7.24. The van der Waals surface area contributed by atoms with Crippen LogP contribution in [0.1, 0.15) is 12.5 Å². The van der Waals surface area contributed by atoms with Crippen molar-refractivity contribution in [3.63, 3.8) is 0 Å². The Kier molecular flexibility index (Phi) is 5.87. The fraction of sp³-hybridized carbons (Fsp3) is 0.292. The Balaban J connectivity index is 1.33. The van der Waals surface area contributed by atoms with Crippen molar-refractivity contribution in [1.29, 1.82) is 0 Å². The number of anilines is 1. The maximum absolute atomic E-state index is 12.9. The van der Waals surface area contributed by atoms with Gasteiger partial charge in [-0.3, -0.25) is 4.79 Å². The van der Waals surface area contributed by atoms with E-state index in [1.807, 2.05) is 17.9 Å². The Hall–Kier alpha value is -2.46. The monoisotopic (exact) mass is 390 g/mol. The fourth-order valence-corrected chi connectivity index (χ4v) is 4.76. The van der Waals surface area contributed by atoms with Gasteiger partial charge < -0.3 is 9.80 Å². The second-order valence-corrected chi connectivity index (χ2v) is 8.57. The van der Waals surface area contributed by atoms with Gasteiger partial charge in [-0.15, -0.1) is 11.8 Å². The van der Waals surface area contributed by atoms with E-state index in [9.17, 15) is 4.79 Å². The average molecular weight is 391 g/mol. The Labute approximate surface area is 171 Å². The van der Waals surface area contributed by atoms with Crippen molar-refractivity contribution >= 4 is 34.1 Å². The summed E-state index contributed by atoms with van der Waals surface area (Å²) in [5.41, 5.74) is 2.55. The van der Waals surface area contributed by atoms with Crippen molar-refractivity contribution in [1.82, 2.24) is 4.90 Å². The topological polar surface area (TPSA) is 23.6 Å².